The average Bonchev–Trinajstić information content (AvgIpc) is 2.37. The molecule has 0 spiro atoms. The van der Waals surface area contributed by atoms with Crippen LogP contribution in [0.15, 0.2) is 40.9 Å². The number of aryl methyl sites for hydroxylation is 1. The lowest BCUT2D eigenvalue weighted by Crippen LogP contribution is -2.29. The van der Waals surface area contributed by atoms with Crippen molar-refractivity contribution in [1.29, 1.82) is 0 Å². The van der Waals surface area contributed by atoms with E-state index in [9.17, 15) is 4.39 Å². The zero-order valence-corrected chi connectivity index (χ0v) is 12.6. The maximum atomic E-state index is 13.7. The number of benzene rings is 2. The molecule has 19 heavy (non-hydrogen) atoms. The van der Waals surface area contributed by atoms with Crippen molar-refractivity contribution >= 4 is 27.5 Å². The van der Waals surface area contributed by atoms with E-state index in [0.717, 1.165) is 15.6 Å². The zero-order valence-electron chi connectivity index (χ0n) is 10.3. The molecule has 0 saturated heterocycles. The molecule has 0 amide bonds. The molecule has 0 aromatic heterocycles. The van der Waals surface area contributed by atoms with Gasteiger partial charge in [0.05, 0.1) is 6.04 Å². The first kappa shape index (κ1) is 14.5. The third-order valence-electron chi connectivity index (χ3n) is 2.97. The summed E-state index contributed by atoms with van der Waals surface area (Å²) in [6.45, 7) is 1.72. The van der Waals surface area contributed by atoms with Crippen molar-refractivity contribution in [3.05, 3.63) is 68.4 Å². The van der Waals surface area contributed by atoms with Gasteiger partial charge >= 0.3 is 0 Å². The second kappa shape index (κ2) is 6.01. The number of rotatable bonds is 3. The lowest BCUT2D eigenvalue weighted by Gasteiger charge is -2.19. The third-order valence-corrected chi connectivity index (χ3v) is 3.89. The van der Waals surface area contributed by atoms with Gasteiger partial charge in [0, 0.05) is 9.50 Å². The van der Waals surface area contributed by atoms with Gasteiger partial charge < -0.3 is 0 Å². The lowest BCUT2D eigenvalue weighted by atomic mass is 9.98. The molecular weight excluding hydrogens is 331 g/mol. The summed E-state index contributed by atoms with van der Waals surface area (Å²) >= 11 is 9.36. The van der Waals surface area contributed by atoms with E-state index in [1.54, 1.807) is 25.1 Å². The van der Waals surface area contributed by atoms with Gasteiger partial charge in [-0.1, -0.05) is 45.7 Å². The largest absolute Gasteiger partial charge is 0.271 e. The number of hydrogen-bond acceptors (Lipinski definition) is 2. The Hall–Kier alpha value is -0.940. The Bertz CT molecular complexity index is 604. The summed E-state index contributed by atoms with van der Waals surface area (Å²) in [7, 11) is 0. The van der Waals surface area contributed by atoms with Crippen LogP contribution in [0.2, 0.25) is 5.02 Å². The SMILES string of the molecule is Cc1ccc(C(NN)c2ccc(Cl)cc2Br)cc1F. The van der Waals surface area contributed by atoms with Crippen LogP contribution in [0.25, 0.3) is 0 Å². The van der Waals surface area contributed by atoms with Crippen molar-refractivity contribution in [2.45, 2.75) is 13.0 Å². The van der Waals surface area contributed by atoms with Gasteiger partial charge in [0.25, 0.3) is 0 Å². The molecule has 0 bridgehead atoms. The quantitative estimate of drug-likeness (QED) is 0.650. The van der Waals surface area contributed by atoms with E-state index >= 15 is 0 Å². The van der Waals surface area contributed by atoms with Gasteiger partial charge in [-0.3, -0.25) is 5.84 Å². The molecule has 100 valence electrons. The maximum absolute atomic E-state index is 13.7. The molecule has 0 fully saturated rings. The standard InChI is InChI=1S/C14H13BrClFN2/c1-8-2-3-9(6-13(8)17)14(19-18)11-5-4-10(16)7-12(11)15/h2-7,14,19H,18H2,1H3. The Kier molecular flexibility index (Phi) is 4.58. The molecule has 2 aromatic carbocycles. The first-order valence-corrected chi connectivity index (χ1v) is 6.87. The van der Waals surface area contributed by atoms with Crippen LogP contribution >= 0.6 is 27.5 Å². The Morgan fingerprint density at radius 3 is 2.58 bits per heavy atom. The monoisotopic (exact) mass is 342 g/mol. The molecule has 0 aliphatic rings. The van der Waals surface area contributed by atoms with E-state index in [4.69, 9.17) is 17.4 Å². The van der Waals surface area contributed by atoms with Crippen LogP contribution in [0, 0.1) is 12.7 Å². The van der Waals surface area contributed by atoms with Crippen LogP contribution in [0.3, 0.4) is 0 Å². The third kappa shape index (κ3) is 3.15. The summed E-state index contributed by atoms with van der Waals surface area (Å²) in [6, 6.07) is 10.2. The molecule has 2 nitrogen and oxygen atoms in total. The summed E-state index contributed by atoms with van der Waals surface area (Å²) in [6.07, 6.45) is 0. The molecule has 0 aliphatic carbocycles. The first-order valence-electron chi connectivity index (χ1n) is 5.70. The molecule has 0 saturated carbocycles. The summed E-state index contributed by atoms with van der Waals surface area (Å²) in [5, 5.41) is 0.626. The number of hydrazine groups is 1. The minimum absolute atomic E-state index is 0.247. The van der Waals surface area contributed by atoms with E-state index in [1.165, 1.54) is 6.07 Å². The van der Waals surface area contributed by atoms with Crippen molar-refractivity contribution in [1.82, 2.24) is 5.43 Å². The summed E-state index contributed by atoms with van der Waals surface area (Å²) in [4.78, 5) is 0. The van der Waals surface area contributed by atoms with Crippen LogP contribution in [0.5, 0.6) is 0 Å². The minimum Gasteiger partial charge on any atom is -0.271 e. The van der Waals surface area contributed by atoms with E-state index in [0.29, 0.717) is 10.6 Å². The maximum Gasteiger partial charge on any atom is 0.126 e. The molecular formula is C14H13BrClFN2. The highest BCUT2D eigenvalue weighted by molar-refractivity contribution is 9.10. The van der Waals surface area contributed by atoms with E-state index in [-0.39, 0.29) is 11.9 Å². The highest BCUT2D eigenvalue weighted by Gasteiger charge is 2.16. The molecule has 0 heterocycles. The van der Waals surface area contributed by atoms with Crippen molar-refractivity contribution in [3.8, 4) is 0 Å². The molecule has 3 N–H and O–H groups in total. The normalized spacial score (nSPS) is 12.5. The molecule has 0 radical (unpaired) electrons. The molecule has 1 atom stereocenters. The molecule has 2 rings (SSSR count). The van der Waals surface area contributed by atoms with Crippen molar-refractivity contribution in [2.75, 3.05) is 0 Å². The zero-order chi connectivity index (χ0) is 14.0. The van der Waals surface area contributed by atoms with Gasteiger partial charge in [0.15, 0.2) is 0 Å². The average molecular weight is 344 g/mol. The van der Waals surface area contributed by atoms with Crippen LogP contribution in [-0.4, -0.2) is 0 Å². The predicted octanol–water partition coefficient (Wildman–Crippen LogP) is 4.10. The number of nitrogens with one attached hydrogen (secondary N) is 1. The first-order chi connectivity index (χ1) is 9.02. The van der Waals surface area contributed by atoms with Gasteiger partial charge in [-0.05, 0) is 41.8 Å². The second-order valence-electron chi connectivity index (χ2n) is 4.27. The topological polar surface area (TPSA) is 38.0 Å². The fraction of sp³-hybridized carbons (Fsp3) is 0.143. The van der Waals surface area contributed by atoms with Crippen molar-refractivity contribution in [3.63, 3.8) is 0 Å². The van der Waals surface area contributed by atoms with Gasteiger partial charge in [-0.25, -0.2) is 9.82 Å². The number of halogens is 3. The molecule has 2 aromatic rings. The Morgan fingerprint density at radius 1 is 1.26 bits per heavy atom. The predicted molar refractivity (Wildman–Crippen MR) is 79.5 cm³/mol. The smallest absolute Gasteiger partial charge is 0.126 e. The minimum atomic E-state index is -0.304. The lowest BCUT2D eigenvalue weighted by molar-refractivity contribution is 0.598. The number of nitrogens with two attached hydrogens (primary N) is 1. The van der Waals surface area contributed by atoms with E-state index < -0.39 is 0 Å². The van der Waals surface area contributed by atoms with Gasteiger partial charge in [0.2, 0.25) is 0 Å². The summed E-state index contributed by atoms with van der Waals surface area (Å²) in [5.41, 5.74) is 4.96. The van der Waals surface area contributed by atoms with Crippen LogP contribution in [0.1, 0.15) is 22.7 Å². The Balaban J connectivity index is 2.46. The Labute approximate surface area is 124 Å². The van der Waals surface area contributed by atoms with E-state index in [2.05, 4.69) is 21.4 Å². The summed E-state index contributed by atoms with van der Waals surface area (Å²) in [5.74, 6) is 5.36. The van der Waals surface area contributed by atoms with Crippen LogP contribution in [-0.2, 0) is 0 Å². The number of hydrogen-bond donors (Lipinski definition) is 2. The molecule has 0 aliphatic heterocycles. The van der Waals surface area contributed by atoms with Crippen LogP contribution < -0.4 is 11.3 Å². The van der Waals surface area contributed by atoms with Crippen molar-refractivity contribution in [2.24, 2.45) is 5.84 Å². The van der Waals surface area contributed by atoms with Gasteiger partial charge in [0.1, 0.15) is 5.82 Å². The molecule has 5 heteroatoms. The van der Waals surface area contributed by atoms with Crippen molar-refractivity contribution < 1.29 is 4.39 Å². The Morgan fingerprint density at radius 2 is 2.00 bits per heavy atom. The fourth-order valence-corrected chi connectivity index (χ4v) is 2.80. The second-order valence-corrected chi connectivity index (χ2v) is 5.56. The summed E-state index contributed by atoms with van der Waals surface area (Å²) < 4.78 is 14.5. The molecule has 1 unspecified atom stereocenters. The highest BCUT2D eigenvalue weighted by atomic mass is 79.9. The highest BCUT2D eigenvalue weighted by Crippen LogP contribution is 2.30. The fourth-order valence-electron chi connectivity index (χ4n) is 1.89. The van der Waals surface area contributed by atoms with Crippen LogP contribution in [0.4, 0.5) is 4.39 Å². The van der Waals surface area contributed by atoms with Gasteiger partial charge in [-0.2, -0.15) is 0 Å². The van der Waals surface area contributed by atoms with Gasteiger partial charge in [-0.15, -0.1) is 0 Å². The van der Waals surface area contributed by atoms with E-state index in [1.807, 2.05) is 12.1 Å².